The second-order valence-corrected chi connectivity index (χ2v) is 7.32. The van der Waals surface area contributed by atoms with Crippen LogP contribution >= 0.6 is 0 Å². The lowest BCUT2D eigenvalue weighted by Crippen LogP contribution is -2.27. The van der Waals surface area contributed by atoms with E-state index in [-0.39, 0.29) is 11.1 Å². The fourth-order valence-electron chi connectivity index (χ4n) is 3.86. The maximum absolute atomic E-state index is 14.8. The van der Waals surface area contributed by atoms with Crippen LogP contribution in [0.5, 0.6) is 0 Å². The third kappa shape index (κ3) is 3.27. The van der Waals surface area contributed by atoms with E-state index in [0.29, 0.717) is 34.5 Å². The number of hydrogen-bond acceptors (Lipinski definition) is 5. The molecule has 3 aromatic heterocycles. The summed E-state index contributed by atoms with van der Waals surface area (Å²) in [5, 5.41) is 4.06. The third-order valence-corrected chi connectivity index (χ3v) is 5.40. The minimum atomic E-state index is -0.556. The van der Waals surface area contributed by atoms with Crippen LogP contribution in [-0.4, -0.2) is 24.5 Å². The van der Waals surface area contributed by atoms with Crippen molar-refractivity contribution in [3.63, 3.8) is 0 Å². The quantitative estimate of drug-likeness (QED) is 0.427. The van der Waals surface area contributed by atoms with Crippen LogP contribution in [0.1, 0.15) is 25.1 Å². The number of pyridine rings is 1. The maximum Gasteiger partial charge on any atom is 0.263 e. The molecule has 5 aromatic rings. The zero-order valence-corrected chi connectivity index (χ0v) is 17.0. The molecular formula is C23H18F2N6O. The molecule has 0 spiro atoms. The molecule has 9 heteroatoms. The van der Waals surface area contributed by atoms with Gasteiger partial charge in [-0.25, -0.2) is 23.7 Å². The predicted octanol–water partition coefficient (Wildman–Crippen LogP) is 4.50. The first-order valence-corrected chi connectivity index (χ1v) is 10.1. The molecule has 0 radical (unpaired) electrons. The Morgan fingerprint density at radius 2 is 1.94 bits per heavy atom. The number of nitrogens with one attached hydrogen (secondary N) is 2. The van der Waals surface area contributed by atoms with Crippen molar-refractivity contribution in [1.82, 2.24) is 24.5 Å². The highest BCUT2D eigenvalue weighted by atomic mass is 19.1. The molecule has 160 valence electrons. The van der Waals surface area contributed by atoms with Crippen molar-refractivity contribution < 1.29 is 8.78 Å². The zero-order valence-electron chi connectivity index (χ0n) is 17.0. The number of imidazole rings is 1. The van der Waals surface area contributed by atoms with E-state index in [1.165, 1.54) is 41.5 Å². The lowest BCUT2D eigenvalue weighted by Gasteiger charge is -2.23. The number of aromatic nitrogens is 5. The van der Waals surface area contributed by atoms with Crippen LogP contribution in [0.3, 0.4) is 0 Å². The number of benzene rings is 2. The molecule has 0 bridgehead atoms. The summed E-state index contributed by atoms with van der Waals surface area (Å²) in [5.41, 5.74) is 1.23. The van der Waals surface area contributed by atoms with Crippen LogP contribution in [0.2, 0.25) is 0 Å². The lowest BCUT2D eigenvalue weighted by molar-refractivity contribution is 0.605. The number of fused-ring (bicyclic) bond motifs is 2. The first-order valence-electron chi connectivity index (χ1n) is 10.1. The Bertz CT molecular complexity index is 1510. The second kappa shape index (κ2) is 7.84. The first kappa shape index (κ1) is 19.8. The van der Waals surface area contributed by atoms with Gasteiger partial charge < -0.3 is 10.3 Å². The second-order valence-electron chi connectivity index (χ2n) is 7.32. The van der Waals surface area contributed by atoms with Crippen LogP contribution < -0.4 is 10.9 Å². The van der Waals surface area contributed by atoms with E-state index in [0.717, 1.165) is 0 Å². The van der Waals surface area contributed by atoms with E-state index < -0.39 is 23.2 Å². The molecule has 5 rings (SSSR count). The van der Waals surface area contributed by atoms with Gasteiger partial charge in [0, 0.05) is 5.69 Å². The molecule has 0 aliphatic heterocycles. The molecule has 3 heterocycles. The van der Waals surface area contributed by atoms with Crippen LogP contribution in [0.25, 0.3) is 27.6 Å². The summed E-state index contributed by atoms with van der Waals surface area (Å²) in [6.07, 6.45) is 3.47. The zero-order chi connectivity index (χ0) is 22.2. The Balaban J connectivity index is 1.75. The molecule has 0 fully saturated rings. The molecule has 7 nitrogen and oxygen atoms in total. The number of rotatable bonds is 5. The van der Waals surface area contributed by atoms with Gasteiger partial charge in [-0.05, 0) is 42.1 Å². The van der Waals surface area contributed by atoms with Gasteiger partial charge in [-0.15, -0.1) is 0 Å². The van der Waals surface area contributed by atoms with Gasteiger partial charge in [-0.2, -0.15) is 0 Å². The van der Waals surface area contributed by atoms with Gasteiger partial charge in [-0.3, -0.25) is 9.36 Å². The summed E-state index contributed by atoms with van der Waals surface area (Å²) in [6.45, 7) is 1.94. The Morgan fingerprint density at radius 1 is 1.09 bits per heavy atom. The van der Waals surface area contributed by atoms with Crippen LogP contribution in [0.15, 0.2) is 66.0 Å². The summed E-state index contributed by atoms with van der Waals surface area (Å²) in [4.78, 5) is 29.0. The normalized spacial score (nSPS) is 12.3. The molecule has 0 aliphatic carbocycles. The number of anilines is 1. The Hall–Kier alpha value is -4.14. The highest BCUT2D eigenvalue weighted by Gasteiger charge is 2.21. The van der Waals surface area contributed by atoms with Crippen molar-refractivity contribution in [2.24, 2.45) is 0 Å². The number of H-pyrrole nitrogens is 1. The van der Waals surface area contributed by atoms with Gasteiger partial charge in [-0.1, -0.05) is 25.1 Å². The highest BCUT2D eigenvalue weighted by molar-refractivity contribution is 5.84. The van der Waals surface area contributed by atoms with Gasteiger partial charge in [0.05, 0.1) is 23.4 Å². The number of halogens is 2. The number of hydrogen-bond donors (Lipinski definition) is 2. The van der Waals surface area contributed by atoms with Crippen molar-refractivity contribution >= 4 is 27.8 Å². The topological polar surface area (TPSA) is 88.5 Å². The average molecular weight is 432 g/mol. The van der Waals surface area contributed by atoms with E-state index in [1.54, 1.807) is 24.3 Å². The lowest BCUT2D eigenvalue weighted by atomic mass is 10.0. The van der Waals surface area contributed by atoms with E-state index in [1.807, 2.05) is 6.92 Å². The van der Waals surface area contributed by atoms with Crippen molar-refractivity contribution in [3.05, 3.63) is 88.9 Å². The van der Waals surface area contributed by atoms with E-state index in [4.69, 9.17) is 0 Å². The molecule has 2 N–H and O–H groups in total. The molecule has 1 atom stereocenters. The standard InChI is InChI=1S/C23H18F2N6O/c1-2-17(30-22-20-21(27-11-26-20)28-12-29-22)19-9-13-7-8-14(24)10-15(13)23(32)31(19)18-6-4-3-5-16(18)25/h3-12,17H,2H2,1H3,(H2,26,27,28,29,30). The predicted molar refractivity (Wildman–Crippen MR) is 118 cm³/mol. The van der Waals surface area contributed by atoms with E-state index in [9.17, 15) is 13.6 Å². The fourth-order valence-corrected chi connectivity index (χ4v) is 3.86. The van der Waals surface area contributed by atoms with Gasteiger partial charge in [0.25, 0.3) is 5.56 Å². The first-order chi connectivity index (χ1) is 15.6. The average Bonchev–Trinajstić information content (AvgIpc) is 3.28. The van der Waals surface area contributed by atoms with Crippen molar-refractivity contribution in [2.45, 2.75) is 19.4 Å². The molecule has 32 heavy (non-hydrogen) atoms. The maximum atomic E-state index is 14.8. The Kier molecular flexibility index (Phi) is 4.85. The summed E-state index contributed by atoms with van der Waals surface area (Å²) in [5.74, 6) is -0.583. The van der Waals surface area contributed by atoms with Gasteiger partial charge in [0.1, 0.15) is 23.5 Å². The molecule has 2 aromatic carbocycles. The van der Waals surface area contributed by atoms with Gasteiger partial charge in [0.2, 0.25) is 0 Å². The molecule has 0 aliphatic rings. The Morgan fingerprint density at radius 3 is 2.75 bits per heavy atom. The third-order valence-electron chi connectivity index (χ3n) is 5.40. The van der Waals surface area contributed by atoms with Crippen LogP contribution in [-0.2, 0) is 0 Å². The fraction of sp³-hybridized carbons (Fsp3) is 0.130. The van der Waals surface area contributed by atoms with Crippen molar-refractivity contribution in [2.75, 3.05) is 5.32 Å². The summed E-state index contributed by atoms with van der Waals surface area (Å²) < 4.78 is 30.0. The van der Waals surface area contributed by atoms with Crippen LogP contribution in [0.4, 0.5) is 14.6 Å². The monoisotopic (exact) mass is 432 g/mol. The molecule has 1 unspecified atom stereocenters. The smallest absolute Gasteiger partial charge is 0.263 e. The molecular weight excluding hydrogens is 414 g/mol. The van der Waals surface area contributed by atoms with Gasteiger partial charge >= 0.3 is 0 Å². The molecule has 0 saturated carbocycles. The molecule has 0 amide bonds. The summed E-state index contributed by atoms with van der Waals surface area (Å²) in [7, 11) is 0. The number of nitrogens with zero attached hydrogens (tertiary/aromatic N) is 4. The Labute approximate surface area is 180 Å². The number of aromatic amines is 1. The minimum Gasteiger partial charge on any atom is -0.360 e. The molecule has 0 saturated heterocycles. The van der Waals surface area contributed by atoms with Crippen molar-refractivity contribution in [3.8, 4) is 5.69 Å². The van der Waals surface area contributed by atoms with E-state index in [2.05, 4.69) is 25.3 Å². The minimum absolute atomic E-state index is 0.0910. The van der Waals surface area contributed by atoms with Gasteiger partial charge in [0.15, 0.2) is 11.5 Å². The highest BCUT2D eigenvalue weighted by Crippen LogP contribution is 2.28. The van der Waals surface area contributed by atoms with Crippen molar-refractivity contribution in [1.29, 1.82) is 0 Å². The summed E-state index contributed by atoms with van der Waals surface area (Å²) in [6, 6.07) is 11.4. The van der Waals surface area contributed by atoms with E-state index >= 15 is 0 Å². The largest absolute Gasteiger partial charge is 0.360 e. The SMILES string of the molecule is CCC(Nc1ncnc2nc[nH]c12)c1cc2ccc(F)cc2c(=O)n1-c1ccccc1F. The number of para-hydroxylation sites is 1. The summed E-state index contributed by atoms with van der Waals surface area (Å²) >= 11 is 0. The van der Waals surface area contributed by atoms with Crippen LogP contribution in [0, 0.1) is 11.6 Å².